The Labute approximate surface area is 116 Å². The van der Waals surface area contributed by atoms with Crippen LogP contribution in [0.15, 0.2) is 24.3 Å². The van der Waals surface area contributed by atoms with E-state index in [0.29, 0.717) is 6.54 Å². The number of hydrogen-bond acceptors (Lipinski definition) is 3. The zero-order valence-corrected chi connectivity index (χ0v) is 11.6. The van der Waals surface area contributed by atoms with Crippen LogP contribution in [0.1, 0.15) is 25.8 Å². The van der Waals surface area contributed by atoms with Crippen LogP contribution >= 0.6 is 0 Å². The highest BCUT2D eigenvalue weighted by atomic mass is 19.4. The summed E-state index contributed by atoms with van der Waals surface area (Å²) in [6, 6.07) is 4.62. The van der Waals surface area contributed by atoms with Gasteiger partial charge in [0.1, 0.15) is 18.0 Å². The van der Waals surface area contributed by atoms with Gasteiger partial charge in [0.15, 0.2) is 0 Å². The van der Waals surface area contributed by atoms with Crippen molar-refractivity contribution in [2.75, 3.05) is 19.7 Å². The Bertz CT molecular complexity index is 419. The fourth-order valence-corrected chi connectivity index (χ4v) is 1.59. The van der Waals surface area contributed by atoms with Crippen molar-refractivity contribution < 1.29 is 23.0 Å². The third-order valence-electron chi connectivity index (χ3n) is 2.64. The van der Waals surface area contributed by atoms with Crippen molar-refractivity contribution in [3.8, 4) is 5.75 Å². The van der Waals surface area contributed by atoms with E-state index in [1.807, 2.05) is 6.92 Å². The Morgan fingerprint density at radius 3 is 2.60 bits per heavy atom. The predicted octanol–water partition coefficient (Wildman–Crippen LogP) is 2.83. The number of ether oxygens (including phenoxy) is 1. The van der Waals surface area contributed by atoms with E-state index in [4.69, 9.17) is 4.74 Å². The molecule has 0 aromatic heterocycles. The van der Waals surface area contributed by atoms with Gasteiger partial charge in [-0.25, -0.2) is 0 Å². The first-order valence-electron chi connectivity index (χ1n) is 6.48. The highest BCUT2D eigenvalue weighted by Crippen LogP contribution is 2.31. The highest BCUT2D eigenvalue weighted by Gasteiger charge is 2.30. The van der Waals surface area contributed by atoms with E-state index < -0.39 is 17.3 Å². The second-order valence-corrected chi connectivity index (χ2v) is 4.99. The first-order valence-corrected chi connectivity index (χ1v) is 6.48. The average molecular weight is 291 g/mol. The molecule has 0 amide bonds. The third kappa shape index (κ3) is 5.79. The summed E-state index contributed by atoms with van der Waals surface area (Å²) in [6.45, 7) is 4.58. The van der Waals surface area contributed by atoms with E-state index in [0.717, 1.165) is 25.1 Å². The molecular weight excluding hydrogens is 271 g/mol. The average Bonchev–Trinajstić information content (AvgIpc) is 2.36. The Morgan fingerprint density at radius 2 is 2.00 bits per heavy atom. The molecule has 1 rings (SSSR count). The van der Waals surface area contributed by atoms with Gasteiger partial charge in [-0.2, -0.15) is 13.2 Å². The van der Waals surface area contributed by atoms with Gasteiger partial charge >= 0.3 is 6.18 Å². The van der Waals surface area contributed by atoms with Crippen LogP contribution in [0.3, 0.4) is 0 Å². The fraction of sp³-hybridized carbons (Fsp3) is 0.571. The summed E-state index contributed by atoms with van der Waals surface area (Å²) < 4.78 is 42.8. The molecule has 0 bridgehead atoms. The lowest BCUT2D eigenvalue weighted by Crippen LogP contribution is -2.43. The maximum absolute atomic E-state index is 12.5. The summed E-state index contributed by atoms with van der Waals surface area (Å²) in [6.07, 6.45) is -3.46. The minimum absolute atomic E-state index is 0.0783. The highest BCUT2D eigenvalue weighted by molar-refractivity contribution is 5.30. The molecule has 1 unspecified atom stereocenters. The van der Waals surface area contributed by atoms with Crippen LogP contribution in [0.4, 0.5) is 13.2 Å². The molecule has 1 aromatic rings. The molecule has 114 valence electrons. The smallest absolute Gasteiger partial charge is 0.416 e. The van der Waals surface area contributed by atoms with Crippen LogP contribution in [0, 0.1) is 0 Å². The minimum Gasteiger partial charge on any atom is -0.491 e. The molecular formula is C14H20F3NO2. The Kier molecular flexibility index (Phi) is 5.83. The van der Waals surface area contributed by atoms with Crippen molar-refractivity contribution in [1.29, 1.82) is 0 Å². The molecule has 0 saturated heterocycles. The summed E-state index contributed by atoms with van der Waals surface area (Å²) >= 11 is 0. The number of rotatable bonds is 7. The first kappa shape index (κ1) is 16.8. The SMILES string of the molecule is CCCNCC(C)(O)COc1cccc(C(F)(F)F)c1. The van der Waals surface area contributed by atoms with Gasteiger partial charge in [-0.1, -0.05) is 13.0 Å². The molecule has 0 radical (unpaired) electrons. The number of hydrogen-bond donors (Lipinski definition) is 2. The summed E-state index contributed by atoms with van der Waals surface area (Å²) in [7, 11) is 0. The van der Waals surface area contributed by atoms with Gasteiger partial charge in [0, 0.05) is 6.54 Å². The molecule has 0 aliphatic heterocycles. The van der Waals surface area contributed by atoms with Crippen LogP contribution < -0.4 is 10.1 Å². The summed E-state index contributed by atoms with van der Waals surface area (Å²) in [5.74, 6) is 0.0931. The zero-order valence-electron chi connectivity index (χ0n) is 11.6. The van der Waals surface area contributed by atoms with Crippen LogP contribution in [-0.4, -0.2) is 30.4 Å². The lowest BCUT2D eigenvalue weighted by molar-refractivity contribution is -0.137. The van der Waals surface area contributed by atoms with Crippen molar-refractivity contribution >= 4 is 0 Å². The molecule has 1 aromatic carbocycles. The van der Waals surface area contributed by atoms with Crippen LogP contribution in [0.25, 0.3) is 0 Å². The summed E-state index contributed by atoms with van der Waals surface area (Å²) in [5, 5.41) is 13.1. The van der Waals surface area contributed by atoms with Gasteiger partial charge < -0.3 is 15.2 Å². The number of halogens is 3. The standard InChI is InChI=1S/C14H20F3NO2/c1-3-7-18-9-13(2,19)10-20-12-6-4-5-11(8-12)14(15,16)17/h4-6,8,18-19H,3,7,9-10H2,1-2H3. The molecule has 0 saturated carbocycles. The number of aliphatic hydroxyl groups is 1. The number of benzene rings is 1. The van der Waals surface area contributed by atoms with E-state index in [9.17, 15) is 18.3 Å². The van der Waals surface area contributed by atoms with Gasteiger partial charge in [-0.15, -0.1) is 0 Å². The van der Waals surface area contributed by atoms with E-state index in [2.05, 4.69) is 5.32 Å². The minimum atomic E-state index is -4.40. The van der Waals surface area contributed by atoms with Crippen molar-refractivity contribution in [2.45, 2.75) is 32.0 Å². The van der Waals surface area contributed by atoms with Crippen molar-refractivity contribution in [1.82, 2.24) is 5.32 Å². The van der Waals surface area contributed by atoms with Gasteiger partial charge in [-0.05, 0) is 38.1 Å². The third-order valence-corrected chi connectivity index (χ3v) is 2.64. The first-order chi connectivity index (χ1) is 9.24. The molecule has 6 heteroatoms. The Balaban J connectivity index is 2.57. The Hall–Kier alpha value is -1.27. The van der Waals surface area contributed by atoms with Gasteiger partial charge in [-0.3, -0.25) is 0 Å². The summed E-state index contributed by atoms with van der Waals surface area (Å²) in [4.78, 5) is 0. The molecule has 1 atom stereocenters. The fourth-order valence-electron chi connectivity index (χ4n) is 1.59. The van der Waals surface area contributed by atoms with Crippen LogP contribution in [0.2, 0.25) is 0 Å². The molecule has 3 nitrogen and oxygen atoms in total. The molecule has 2 N–H and O–H groups in total. The van der Waals surface area contributed by atoms with E-state index >= 15 is 0 Å². The van der Waals surface area contributed by atoms with E-state index in [1.54, 1.807) is 6.92 Å². The Morgan fingerprint density at radius 1 is 1.30 bits per heavy atom. The quantitative estimate of drug-likeness (QED) is 0.759. The molecule has 20 heavy (non-hydrogen) atoms. The molecule has 0 spiro atoms. The van der Waals surface area contributed by atoms with Gasteiger partial charge in [0.2, 0.25) is 0 Å². The predicted molar refractivity (Wildman–Crippen MR) is 70.7 cm³/mol. The maximum Gasteiger partial charge on any atom is 0.416 e. The van der Waals surface area contributed by atoms with Crippen LogP contribution in [-0.2, 0) is 6.18 Å². The molecule has 0 aliphatic rings. The second kappa shape index (κ2) is 6.95. The van der Waals surface area contributed by atoms with Gasteiger partial charge in [0.05, 0.1) is 5.56 Å². The van der Waals surface area contributed by atoms with E-state index in [1.165, 1.54) is 12.1 Å². The maximum atomic E-state index is 12.5. The number of nitrogens with one attached hydrogen (secondary N) is 1. The summed E-state index contributed by atoms with van der Waals surface area (Å²) in [5.41, 5.74) is -1.90. The van der Waals surface area contributed by atoms with Crippen molar-refractivity contribution in [3.63, 3.8) is 0 Å². The second-order valence-electron chi connectivity index (χ2n) is 4.99. The zero-order chi connectivity index (χ0) is 15.2. The number of alkyl halides is 3. The lowest BCUT2D eigenvalue weighted by atomic mass is 10.1. The van der Waals surface area contributed by atoms with Gasteiger partial charge in [0.25, 0.3) is 0 Å². The van der Waals surface area contributed by atoms with Crippen molar-refractivity contribution in [2.24, 2.45) is 0 Å². The van der Waals surface area contributed by atoms with E-state index in [-0.39, 0.29) is 12.4 Å². The lowest BCUT2D eigenvalue weighted by Gasteiger charge is -2.24. The largest absolute Gasteiger partial charge is 0.491 e. The van der Waals surface area contributed by atoms with Crippen LogP contribution in [0.5, 0.6) is 5.75 Å². The molecule has 0 fully saturated rings. The van der Waals surface area contributed by atoms with Crippen molar-refractivity contribution in [3.05, 3.63) is 29.8 Å². The molecule has 0 heterocycles. The normalized spacial score (nSPS) is 14.9. The molecule has 0 aliphatic carbocycles. The topological polar surface area (TPSA) is 41.5 Å². The monoisotopic (exact) mass is 291 g/mol.